The molecule has 5 heterocycles. The summed E-state index contributed by atoms with van der Waals surface area (Å²) in [6, 6.07) is 102. The largest absolute Gasteiger partial charge is 0.255 e. The molecule has 11 heteroatoms. The molecule has 0 bridgehead atoms. The Kier molecular flexibility index (Phi) is 24.6. The maximum atomic E-state index is 5.03. The van der Waals surface area contributed by atoms with E-state index in [-0.39, 0.29) is 43.3 Å². The van der Waals surface area contributed by atoms with Gasteiger partial charge in [-0.1, -0.05) is 409 Å². The Hall–Kier alpha value is -13.3. The maximum Gasteiger partial charge on any atom is 0.165 e. The molecule has 16 rings (SSSR count). The lowest BCUT2D eigenvalue weighted by Crippen LogP contribution is -2.11. The molecule has 0 aliphatic heterocycles. The molecule has 0 unspecified atom stereocenters. The van der Waals surface area contributed by atoms with Crippen molar-refractivity contribution in [3.63, 3.8) is 0 Å². The van der Waals surface area contributed by atoms with Crippen molar-refractivity contribution in [2.24, 2.45) is 0 Å². The first-order valence-corrected chi connectivity index (χ1v) is 44.8. The molecule has 644 valence electrons. The molecule has 0 aliphatic carbocycles. The van der Waals surface area contributed by atoms with Gasteiger partial charge in [-0.2, -0.15) is 0 Å². The summed E-state index contributed by atoms with van der Waals surface area (Å²) < 4.78 is 0. The second kappa shape index (κ2) is 35.2. The van der Waals surface area contributed by atoms with Crippen LogP contribution in [-0.2, 0) is 43.3 Å². The van der Waals surface area contributed by atoms with Gasteiger partial charge in [0.1, 0.15) is 0 Å². The third-order valence-electron chi connectivity index (χ3n) is 24.1. The lowest BCUT2D eigenvalue weighted by atomic mass is 9.85. The summed E-state index contributed by atoms with van der Waals surface area (Å²) in [6.45, 7) is 53.6. The van der Waals surface area contributed by atoms with Crippen LogP contribution in [0.4, 0.5) is 0 Å². The predicted molar refractivity (Wildman–Crippen MR) is 534 cm³/mol. The van der Waals surface area contributed by atoms with Crippen molar-refractivity contribution < 1.29 is 0 Å². The van der Waals surface area contributed by atoms with E-state index in [0.29, 0.717) is 52.4 Å². The lowest BCUT2D eigenvalue weighted by molar-refractivity contribution is 0.590. The van der Waals surface area contributed by atoms with E-state index >= 15 is 0 Å². The molecule has 0 amide bonds. The first-order valence-electron chi connectivity index (χ1n) is 44.8. The molecule has 0 spiro atoms. The molecule has 0 saturated carbocycles. The van der Waals surface area contributed by atoms with E-state index < -0.39 is 0 Å². The maximum absolute atomic E-state index is 5.03. The number of benzene rings is 11. The average molecular weight is 1680 g/mol. The summed E-state index contributed by atoms with van der Waals surface area (Å²) in [6.07, 6.45) is 3.72. The van der Waals surface area contributed by atoms with Gasteiger partial charge in [0.05, 0.1) is 11.4 Å². The zero-order valence-corrected chi connectivity index (χ0v) is 79.2. The van der Waals surface area contributed by atoms with Crippen molar-refractivity contribution in [3.8, 4) is 158 Å². The topological polar surface area (TPSA) is 142 Å². The van der Waals surface area contributed by atoms with E-state index in [1.54, 1.807) is 0 Å². The summed E-state index contributed by atoms with van der Waals surface area (Å²) >= 11 is 0. The van der Waals surface area contributed by atoms with E-state index in [4.69, 9.17) is 54.8 Å². The van der Waals surface area contributed by atoms with Crippen molar-refractivity contribution >= 4 is 0 Å². The van der Waals surface area contributed by atoms with Crippen LogP contribution in [-0.4, -0.2) is 54.8 Å². The minimum atomic E-state index is 0.0368. The van der Waals surface area contributed by atoms with Crippen LogP contribution >= 0.6 is 0 Å². The first-order chi connectivity index (χ1) is 60.4. The average Bonchev–Trinajstić information content (AvgIpc) is 0.798. The van der Waals surface area contributed by atoms with E-state index in [9.17, 15) is 0 Å². The number of hydrogen-bond donors (Lipinski definition) is 0. The fraction of sp³-hybridized carbons (Fsp3) is 0.274. The van der Waals surface area contributed by atoms with Gasteiger partial charge >= 0.3 is 0 Å². The van der Waals surface area contributed by atoms with Crippen LogP contribution in [0.25, 0.3) is 158 Å². The normalized spacial score (nSPS) is 12.4. The quantitative estimate of drug-likeness (QED) is 0.103. The molecular weight excluding hydrogens is 1560 g/mol. The van der Waals surface area contributed by atoms with Crippen molar-refractivity contribution in [1.82, 2.24) is 54.8 Å². The molecule has 0 atom stereocenters. The van der Waals surface area contributed by atoms with Gasteiger partial charge in [-0.25, -0.2) is 44.9 Å². The van der Waals surface area contributed by atoms with E-state index in [1.807, 2.05) is 24.5 Å². The van der Waals surface area contributed by atoms with Crippen LogP contribution in [0.1, 0.15) is 211 Å². The van der Waals surface area contributed by atoms with Crippen LogP contribution in [0.15, 0.2) is 298 Å². The van der Waals surface area contributed by atoms with Crippen LogP contribution < -0.4 is 0 Å². The first kappa shape index (κ1) is 89.6. The minimum Gasteiger partial charge on any atom is -0.255 e. The van der Waals surface area contributed by atoms with E-state index in [1.165, 1.54) is 72.3 Å². The van der Waals surface area contributed by atoms with Crippen molar-refractivity contribution in [3.05, 3.63) is 342 Å². The summed E-state index contributed by atoms with van der Waals surface area (Å²) in [5.74, 6) is 5.54. The predicted octanol–water partition coefficient (Wildman–Crippen LogP) is 30.4. The third kappa shape index (κ3) is 21.0. The Morgan fingerprint density at radius 3 is 0.398 bits per heavy atom. The SMILES string of the molecule is CC(C)(C)c1ccc(-c2cc(-c3ccc(-c4ccc(-c5nc(-c6ccc(C(C)(C)C)cc6)nc(-c6ccc(C(C)(C)C)cc6)n5)cn4)cc3)cc(-c3ccc(C(C)(C)C)cc3)c2)cc1.CC(C)(C)c1ccc(-c2nc(-c3ccc(-c4ccc(-c5nc(-c6ccc(C(C)(C)C)cc6)nc(-c6ccc(C(C)(C)C)cc6)n5)cn4)cc3)nc(-c3ccc(C(C)(C)C)cc3)n2)cc1. The molecule has 0 N–H and O–H groups in total. The van der Waals surface area contributed by atoms with Gasteiger partial charge in [0, 0.05) is 73.6 Å². The Morgan fingerprint density at radius 2 is 0.250 bits per heavy atom. The number of nitrogens with zero attached hydrogens (tertiary/aromatic N) is 11. The molecule has 128 heavy (non-hydrogen) atoms. The highest BCUT2D eigenvalue weighted by atomic mass is 15.1. The van der Waals surface area contributed by atoms with Gasteiger partial charge in [0.25, 0.3) is 0 Å². The van der Waals surface area contributed by atoms with Gasteiger partial charge in [0.2, 0.25) is 0 Å². The highest BCUT2D eigenvalue weighted by Crippen LogP contribution is 2.40. The fourth-order valence-electron chi connectivity index (χ4n) is 15.5. The number of hydrogen-bond acceptors (Lipinski definition) is 11. The molecule has 0 fully saturated rings. The zero-order chi connectivity index (χ0) is 91.2. The number of rotatable bonds is 14. The summed E-state index contributed by atoms with van der Waals surface area (Å²) in [5.41, 5.74) is 29.7. The number of aromatic nitrogens is 11. The Balaban J connectivity index is 0.000000197. The molecule has 11 nitrogen and oxygen atoms in total. The van der Waals surface area contributed by atoms with Gasteiger partial charge in [-0.15, -0.1) is 0 Å². The molecular formula is C117H121N11. The van der Waals surface area contributed by atoms with Gasteiger partial charge in [0.15, 0.2) is 52.4 Å². The smallest absolute Gasteiger partial charge is 0.165 e. The molecule has 5 aromatic heterocycles. The summed E-state index contributed by atoms with van der Waals surface area (Å²) in [5, 5.41) is 0. The van der Waals surface area contributed by atoms with Crippen molar-refractivity contribution in [2.75, 3.05) is 0 Å². The second-order valence-electron chi connectivity index (χ2n) is 42.4. The highest BCUT2D eigenvalue weighted by Gasteiger charge is 2.26. The fourth-order valence-corrected chi connectivity index (χ4v) is 15.5. The molecule has 0 radical (unpaired) electrons. The lowest BCUT2D eigenvalue weighted by Gasteiger charge is -2.20. The Morgan fingerprint density at radius 1 is 0.125 bits per heavy atom. The van der Waals surface area contributed by atoms with Crippen LogP contribution in [0.2, 0.25) is 0 Å². The van der Waals surface area contributed by atoms with Gasteiger partial charge in [-0.05, 0) is 164 Å². The standard InChI is InChI=1S/C60H62N4.C57H59N7/c1-57(2,3)49-26-17-40(18-27-49)47-35-46(36-48(37-47)41-19-28-50(29-20-41)58(4,5)6)39-13-15-42(16-14-39)53-34-25-45(38-61-53)56-63-54(43-21-30-51(31-22-43)59(7,8)9)62-55(64-56)44-23-32-52(33-24-44)60(10,11)12;1-54(2,3)43-26-17-38(18-27-43)49-59-48(60-50(61-49)39-19-28-44(29-20-39)55(4,5)6)37-15-13-36(14-16-37)47-34-25-42(35-58-47)53-63-51(40-21-30-45(31-22-40)56(7,8)9)62-52(64-53)41-23-32-46(33-24-41)57(10,11)12/h13-38H,1-12H3;13-35H,1-12H3. The highest BCUT2D eigenvalue weighted by molar-refractivity contribution is 5.83. The Labute approximate surface area is 759 Å². The van der Waals surface area contributed by atoms with Crippen LogP contribution in [0.5, 0.6) is 0 Å². The van der Waals surface area contributed by atoms with Crippen molar-refractivity contribution in [1.29, 1.82) is 0 Å². The van der Waals surface area contributed by atoms with Gasteiger partial charge in [-0.3, -0.25) is 9.97 Å². The minimum absolute atomic E-state index is 0.0368. The monoisotopic (exact) mass is 1680 g/mol. The zero-order valence-electron chi connectivity index (χ0n) is 79.2. The third-order valence-corrected chi connectivity index (χ3v) is 24.1. The van der Waals surface area contributed by atoms with Crippen LogP contribution in [0, 0.1) is 0 Å². The van der Waals surface area contributed by atoms with Crippen molar-refractivity contribution in [2.45, 2.75) is 209 Å². The summed E-state index contributed by atoms with van der Waals surface area (Å²) in [4.78, 5) is 55.0. The molecule has 0 saturated heterocycles. The second-order valence-corrected chi connectivity index (χ2v) is 42.4. The molecule has 16 aromatic rings. The van der Waals surface area contributed by atoms with Gasteiger partial charge < -0.3 is 0 Å². The molecule has 0 aliphatic rings. The Bertz CT molecular complexity index is 5460. The summed E-state index contributed by atoms with van der Waals surface area (Å²) in [7, 11) is 0. The molecule has 11 aromatic carbocycles. The number of pyridine rings is 2. The van der Waals surface area contributed by atoms with E-state index in [0.717, 1.165) is 78.1 Å². The van der Waals surface area contributed by atoms with Crippen LogP contribution in [0.3, 0.4) is 0 Å². The van der Waals surface area contributed by atoms with E-state index in [2.05, 4.69) is 439 Å².